The Morgan fingerprint density at radius 1 is 0.870 bits per heavy atom. The molecule has 2 atom stereocenters. The Morgan fingerprint density at radius 2 is 1.39 bits per heavy atom. The zero-order valence-corrected chi connectivity index (χ0v) is 14.3. The van der Waals surface area contributed by atoms with Crippen LogP contribution in [0.3, 0.4) is 0 Å². The van der Waals surface area contributed by atoms with Crippen LogP contribution in [0.1, 0.15) is 23.2 Å². The van der Waals surface area contributed by atoms with E-state index in [-0.39, 0.29) is 12.1 Å². The molecule has 3 rings (SSSR count). The quantitative estimate of drug-likeness (QED) is 0.927. The molecule has 0 amide bonds. The van der Waals surface area contributed by atoms with Gasteiger partial charge in [-0.05, 0) is 41.6 Å². The molecule has 2 aromatic rings. The van der Waals surface area contributed by atoms with Crippen LogP contribution < -0.4 is 14.8 Å². The van der Waals surface area contributed by atoms with E-state index >= 15 is 0 Å². The molecule has 0 bridgehead atoms. The van der Waals surface area contributed by atoms with Crippen molar-refractivity contribution in [2.45, 2.75) is 12.1 Å². The van der Waals surface area contributed by atoms with E-state index in [1.54, 1.807) is 26.0 Å². The summed E-state index contributed by atoms with van der Waals surface area (Å²) in [4.78, 5) is 4.83. The molecule has 23 heavy (non-hydrogen) atoms. The molecule has 0 fully saturated rings. The molecule has 0 spiro atoms. The lowest BCUT2D eigenvalue weighted by Gasteiger charge is -2.20. The summed E-state index contributed by atoms with van der Waals surface area (Å²) in [6.07, 6.45) is 2.04. The van der Waals surface area contributed by atoms with Gasteiger partial charge in [-0.1, -0.05) is 36.0 Å². The molecule has 5 heteroatoms. The second-order valence-corrected chi connectivity index (χ2v) is 6.05. The summed E-state index contributed by atoms with van der Waals surface area (Å²) in [7, 11) is 3.36. The minimum Gasteiger partial charge on any atom is -0.497 e. The molecule has 0 unspecified atom stereocenters. The maximum absolute atomic E-state index is 5.24. The molecule has 0 saturated carbocycles. The van der Waals surface area contributed by atoms with Gasteiger partial charge in [0.25, 0.3) is 0 Å². The average Bonchev–Trinajstić information content (AvgIpc) is 3.06. The molecule has 1 N–H and O–H groups in total. The molecule has 1 aliphatic rings. The number of nitrogens with one attached hydrogen (secondary N) is 1. The van der Waals surface area contributed by atoms with E-state index in [0.717, 1.165) is 16.7 Å². The molecule has 0 radical (unpaired) electrons. The Kier molecular flexibility index (Phi) is 4.76. The summed E-state index contributed by atoms with van der Waals surface area (Å²) in [5.74, 6) is 1.72. The van der Waals surface area contributed by atoms with Crippen molar-refractivity contribution in [2.75, 3.05) is 20.5 Å². The summed E-state index contributed by atoms with van der Waals surface area (Å²) in [6.45, 7) is 0. The van der Waals surface area contributed by atoms with Gasteiger partial charge < -0.3 is 14.8 Å². The number of hydrogen-bond donors (Lipinski definition) is 1. The third kappa shape index (κ3) is 3.29. The first-order chi connectivity index (χ1) is 11.2. The summed E-state index contributed by atoms with van der Waals surface area (Å²) < 4.78 is 10.5. The predicted octanol–water partition coefficient (Wildman–Crippen LogP) is 3.81. The number of benzene rings is 2. The topological polar surface area (TPSA) is 42.8 Å². The maximum Gasteiger partial charge on any atom is 0.157 e. The lowest BCUT2D eigenvalue weighted by Crippen LogP contribution is -2.22. The highest BCUT2D eigenvalue weighted by molar-refractivity contribution is 8.13. The monoisotopic (exact) mass is 328 g/mol. The molecule has 1 heterocycles. The van der Waals surface area contributed by atoms with Gasteiger partial charge in [0.05, 0.1) is 20.3 Å². The molecular weight excluding hydrogens is 308 g/mol. The molecular formula is C18H20N2O2S. The van der Waals surface area contributed by atoms with Crippen molar-refractivity contribution in [3.8, 4) is 11.5 Å². The summed E-state index contributed by atoms with van der Waals surface area (Å²) in [6, 6.07) is 16.4. The van der Waals surface area contributed by atoms with Gasteiger partial charge in [0.1, 0.15) is 17.5 Å². The van der Waals surface area contributed by atoms with Gasteiger partial charge in [-0.15, -0.1) is 0 Å². The number of rotatable bonds is 4. The van der Waals surface area contributed by atoms with Crippen molar-refractivity contribution >= 4 is 16.9 Å². The van der Waals surface area contributed by atoms with Crippen LogP contribution in [0.5, 0.6) is 11.5 Å². The van der Waals surface area contributed by atoms with Crippen LogP contribution in [-0.4, -0.2) is 25.6 Å². The molecule has 2 aromatic carbocycles. The Labute approximate surface area is 140 Å². The molecule has 0 saturated heterocycles. The first-order valence-electron chi connectivity index (χ1n) is 7.41. The number of ether oxygens (including phenoxy) is 2. The van der Waals surface area contributed by atoms with E-state index < -0.39 is 0 Å². The highest BCUT2D eigenvalue weighted by atomic mass is 32.2. The van der Waals surface area contributed by atoms with Crippen LogP contribution in [0.15, 0.2) is 53.5 Å². The average molecular weight is 328 g/mol. The number of hydrogen-bond acceptors (Lipinski definition) is 5. The number of thioether (sulfide) groups is 1. The highest BCUT2D eigenvalue weighted by Crippen LogP contribution is 2.38. The van der Waals surface area contributed by atoms with Crippen molar-refractivity contribution in [1.29, 1.82) is 0 Å². The molecule has 0 aromatic heterocycles. The van der Waals surface area contributed by atoms with E-state index in [9.17, 15) is 0 Å². The fraction of sp³-hybridized carbons (Fsp3) is 0.278. The molecule has 120 valence electrons. The van der Waals surface area contributed by atoms with Gasteiger partial charge in [-0.25, -0.2) is 0 Å². The summed E-state index contributed by atoms with van der Waals surface area (Å²) in [5, 5.41) is 4.48. The SMILES string of the molecule is COc1ccc([C@H]2N=C(SC)N[C@@H]2c2ccc(OC)cc2)cc1. The minimum absolute atomic E-state index is 0.0525. The van der Waals surface area contributed by atoms with E-state index in [4.69, 9.17) is 14.5 Å². The Balaban J connectivity index is 1.91. The van der Waals surface area contributed by atoms with E-state index in [1.807, 2.05) is 30.5 Å². The number of aliphatic imine (C=N–C) groups is 1. The van der Waals surface area contributed by atoms with Crippen molar-refractivity contribution < 1.29 is 9.47 Å². The number of amidine groups is 1. The highest BCUT2D eigenvalue weighted by Gasteiger charge is 2.31. The lowest BCUT2D eigenvalue weighted by atomic mass is 9.95. The molecule has 0 aliphatic carbocycles. The van der Waals surface area contributed by atoms with Gasteiger partial charge in [-0.3, -0.25) is 4.99 Å². The minimum atomic E-state index is 0.0525. The van der Waals surface area contributed by atoms with Crippen LogP contribution in [0.4, 0.5) is 0 Å². The van der Waals surface area contributed by atoms with Crippen molar-refractivity contribution in [1.82, 2.24) is 5.32 Å². The van der Waals surface area contributed by atoms with Crippen LogP contribution in [0, 0.1) is 0 Å². The molecule has 4 nitrogen and oxygen atoms in total. The zero-order valence-electron chi connectivity index (χ0n) is 13.4. The van der Waals surface area contributed by atoms with Gasteiger partial charge >= 0.3 is 0 Å². The van der Waals surface area contributed by atoms with Gasteiger partial charge in [0, 0.05) is 0 Å². The van der Waals surface area contributed by atoms with Gasteiger partial charge in [0.2, 0.25) is 0 Å². The smallest absolute Gasteiger partial charge is 0.157 e. The first kappa shape index (κ1) is 15.7. The fourth-order valence-electron chi connectivity index (χ4n) is 2.71. The van der Waals surface area contributed by atoms with Gasteiger partial charge in [-0.2, -0.15) is 0 Å². The standard InChI is InChI=1S/C18H20N2O2S/c1-21-14-8-4-12(5-9-14)16-17(20-18(19-16)23-3)13-6-10-15(22-2)11-7-13/h4-11,16-17H,1-3H3,(H,19,20)/t16-,17-/m1/s1. The van der Waals surface area contributed by atoms with Crippen LogP contribution >= 0.6 is 11.8 Å². The number of methoxy groups -OCH3 is 2. The second kappa shape index (κ2) is 6.96. The first-order valence-corrected chi connectivity index (χ1v) is 8.64. The van der Waals surface area contributed by atoms with Crippen LogP contribution in [0.2, 0.25) is 0 Å². The zero-order chi connectivity index (χ0) is 16.2. The Morgan fingerprint density at radius 3 is 1.87 bits per heavy atom. The molecule has 1 aliphatic heterocycles. The van der Waals surface area contributed by atoms with Crippen LogP contribution in [-0.2, 0) is 0 Å². The summed E-state index contributed by atoms with van der Waals surface area (Å²) >= 11 is 1.63. The maximum atomic E-state index is 5.24. The van der Waals surface area contributed by atoms with Crippen molar-refractivity contribution in [2.24, 2.45) is 4.99 Å². The Hall–Kier alpha value is -2.14. The van der Waals surface area contributed by atoms with E-state index in [1.165, 1.54) is 11.1 Å². The largest absolute Gasteiger partial charge is 0.497 e. The fourth-order valence-corrected chi connectivity index (χ4v) is 3.17. The van der Waals surface area contributed by atoms with Crippen LogP contribution in [0.25, 0.3) is 0 Å². The normalized spacial score (nSPS) is 19.9. The third-order valence-electron chi connectivity index (χ3n) is 3.98. The summed E-state index contributed by atoms with van der Waals surface area (Å²) in [5.41, 5.74) is 2.36. The van der Waals surface area contributed by atoms with E-state index in [2.05, 4.69) is 29.6 Å². The number of nitrogens with zero attached hydrogens (tertiary/aromatic N) is 1. The lowest BCUT2D eigenvalue weighted by molar-refractivity contribution is 0.414. The van der Waals surface area contributed by atoms with Crippen molar-refractivity contribution in [3.63, 3.8) is 0 Å². The van der Waals surface area contributed by atoms with E-state index in [0.29, 0.717) is 0 Å². The second-order valence-electron chi connectivity index (χ2n) is 5.25. The van der Waals surface area contributed by atoms with Gasteiger partial charge in [0.15, 0.2) is 5.17 Å². The Bertz CT molecular complexity index is 683. The van der Waals surface area contributed by atoms with Crippen molar-refractivity contribution in [3.05, 3.63) is 59.7 Å². The third-order valence-corrected chi connectivity index (χ3v) is 4.59. The predicted molar refractivity (Wildman–Crippen MR) is 95.6 cm³/mol.